The Morgan fingerprint density at radius 1 is 1.54 bits per heavy atom. The summed E-state index contributed by atoms with van der Waals surface area (Å²) >= 11 is 0. The minimum absolute atomic E-state index is 0.0957. The van der Waals surface area contributed by atoms with Gasteiger partial charge in [0.15, 0.2) is 0 Å². The van der Waals surface area contributed by atoms with Crippen LogP contribution in [-0.2, 0) is 14.9 Å². The highest BCUT2D eigenvalue weighted by Crippen LogP contribution is 2.25. The molecule has 4 nitrogen and oxygen atoms in total. The van der Waals surface area contributed by atoms with Crippen LogP contribution < -0.4 is 0 Å². The molecule has 1 rings (SSSR count). The maximum atomic E-state index is 10.8. The van der Waals surface area contributed by atoms with E-state index in [1.165, 1.54) is 13.2 Å². The van der Waals surface area contributed by atoms with Crippen LogP contribution in [0.1, 0.15) is 6.42 Å². The van der Waals surface area contributed by atoms with E-state index >= 15 is 0 Å². The highest BCUT2D eigenvalue weighted by Gasteiger charge is 2.22. The Labute approximate surface area is 77.0 Å². The van der Waals surface area contributed by atoms with Crippen molar-refractivity contribution in [1.29, 1.82) is 0 Å². The molecule has 1 aliphatic rings. The van der Waals surface area contributed by atoms with Gasteiger partial charge in [-0.25, -0.2) is 0 Å². The lowest BCUT2D eigenvalue weighted by Crippen LogP contribution is -2.09. The van der Waals surface area contributed by atoms with Crippen molar-refractivity contribution in [3.05, 3.63) is 35.0 Å². The molecule has 0 aliphatic heterocycles. The molecule has 0 fully saturated rings. The number of allylic oxidation sites excluding steroid dienone is 4. The second-order valence-corrected chi connectivity index (χ2v) is 4.08. The molecule has 13 heavy (non-hydrogen) atoms. The van der Waals surface area contributed by atoms with E-state index in [9.17, 15) is 8.42 Å². The number of hydrogen-bond acceptors (Lipinski definition) is 3. The lowest BCUT2D eigenvalue weighted by molar-refractivity contribution is 0.302. The summed E-state index contributed by atoms with van der Waals surface area (Å²) < 4.78 is 35.3. The van der Waals surface area contributed by atoms with Crippen LogP contribution >= 0.6 is 0 Å². The molecular formula is C8H10O4S. The third kappa shape index (κ3) is 2.19. The average molecular weight is 202 g/mol. The number of ether oxygens (including phenoxy) is 1. The molecule has 0 heterocycles. The molecule has 0 unspecified atom stereocenters. The first-order valence-electron chi connectivity index (χ1n) is 3.55. The smallest absolute Gasteiger partial charge is 0.294 e. The van der Waals surface area contributed by atoms with Crippen molar-refractivity contribution in [2.75, 3.05) is 7.11 Å². The van der Waals surface area contributed by atoms with E-state index in [0.29, 0.717) is 5.57 Å². The van der Waals surface area contributed by atoms with E-state index in [4.69, 9.17) is 9.29 Å². The fourth-order valence-electron chi connectivity index (χ4n) is 1.04. The Hall–Kier alpha value is -1.07. The molecule has 0 bridgehead atoms. The second-order valence-electron chi connectivity index (χ2n) is 2.63. The summed E-state index contributed by atoms with van der Waals surface area (Å²) in [5, 5.41) is 0. The van der Waals surface area contributed by atoms with Crippen LogP contribution in [0.5, 0.6) is 0 Å². The van der Waals surface area contributed by atoms with Crippen molar-refractivity contribution >= 4 is 10.1 Å². The first kappa shape index (κ1) is 10.0. The van der Waals surface area contributed by atoms with Gasteiger partial charge in [0.05, 0.1) is 7.11 Å². The minimum atomic E-state index is -4.18. The average Bonchev–Trinajstić information content (AvgIpc) is 2.03. The fourth-order valence-corrected chi connectivity index (χ4v) is 1.81. The van der Waals surface area contributed by atoms with Gasteiger partial charge < -0.3 is 4.74 Å². The van der Waals surface area contributed by atoms with Gasteiger partial charge in [0.25, 0.3) is 10.1 Å². The van der Waals surface area contributed by atoms with Gasteiger partial charge in [-0.1, -0.05) is 12.7 Å². The molecule has 72 valence electrons. The first-order valence-corrected chi connectivity index (χ1v) is 4.99. The molecule has 0 saturated heterocycles. The molecule has 0 spiro atoms. The lowest BCUT2D eigenvalue weighted by atomic mass is 10.1. The molecule has 0 aromatic heterocycles. The Kier molecular flexibility index (Phi) is 2.58. The SMILES string of the molecule is C=C1C=CC(OC)=C(S(=O)(=O)O)C1. The second kappa shape index (κ2) is 3.35. The van der Waals surface area contributed by atoms with Crippen LogP contribution in [-0.4, -0.2) is 20.1 Å². The Bertz CT molecular complexity index is 386. The third-order valence-corrected chi connectivity index (χ3v) is 2.63. The van der Waals surface area contributed by atoms with Crippen LogP contribution in [0.25, 0.3) is 0 Å². The van der Waals surface area contributed by atoms with Gasteiger partial charge in [-0.05, 0) is 11.6 Å². The molecule has 0 atom stereocenters. The maximum Gasteiger partial charge on any atom is 0.294 e. The van der Waals surface area contributed by atoms with Gasteiger partial charge in [-0.3, -0.25) is 4.55 Å². The number of hydrogen-bond donors (Lipinski definition) is 1. The van der Waals surface area contributed by atoms with E-state index in [0.717, 1.165) is 0 Å². The zero-order chi connectivity index (χ0) is 10.1. The van der Waals surface area contributed by atoms with Crippen molar-refractivity contribution in [3.8, 4) is 0 Å². The molecule has 0 saturated carbocycles. The summed E-state index contributed by atoms with van der Waals surface area (Å²) in [5.41, 5.74) is 0.619. The van der Waals surface area contributed by atoms with Gasteiger partial charge in [-0.2, -0.15) is 8.42 Å². The summed E-state index contributed by atoms with van der Waals surface area (Å²) in [5.74, 6) is 0.162. The van der Waals surface area contributed by atoms with Crippen LogP contribution in [0.4, 0.5) is 0 Å². The predicted octanol–water partition coefficient (Wildman–Crippen LogP) is 1.25. The quantitative estimate of drug-likeness (QED) is 0.684. The normalized spacial score (nSPS) is 17.8. The van der Waals surface area contributed by atoms with E-state index in [1.807, 2.05) is 0 Å². The van der Waals surface area contributed by atoms with Crippen LogP contribution in [0.15, 0.2) is 35.0 Å². The Balaban J connectivity index is 3.22. The van der Waals surface area contributed by atoms with Gasteiger partial charge in [-0.15, -0.1) is 0 Å². The van der Waals surface area contributed by atoms with Crippen molar-refractivity contribution in [3.63, 3.8) is 0 Å². The first-order chi connectivity index (χ1) is 5.95. The summed E-state index contributed by atoms with van der Waals surface area (Å²) in [6.07, 6.45) is 3.21. The molecular weight excluding hydrogens is 192 g/mol. The van der Waals surface area contributed by atoms with E-state index in [-0.39, 0.29) is 17.1 Å². The maximum absolute atomic E-state index is 10.8. The highest BCUT2D eigenvalue weighted by molar-refractivity contribution is 7.89. The number of rotatable bonds is 2. The van der Waals surface area contributed by atoms with Crippen LogP contribution in [0, 0.1) is 0 Å². The monoisotopic (exact) mass is 202 g/mol. The highest BCUT2D eigenvalue weighted by atomic mass is 32.2. The van der Waals surface area contributed by atoms with Gasteiger partial charge >= 0.3 is 0 Å². The van der Waals surface area contributed by atoms with Crippen molar-refractivity contribution in [2.24, 2.45) is 0 Å². The molecule has 0 aromatic carbocycles. The zero-order valence-electron chi connectivity index (χ0n) is 7.15. The summed E-state index contributed by atoms with van der Waals surface area (Å²) in [6, 6.07) is 0. The standard InChI is InChI=1S/C8H10O4S/c1-6-3-4-7(12-2)8(5-6)13(9,10)11/h3-4H,1,5H2,2H3,(H,9,10,11). The Morgan fingerprint density at radius 2 is 2.15 bits per heavy atom. The van der Waals surface area contributed by atoms with E-state index in [2.05, 4.69) is 6.58 Å². The topological polar surface area (TPSA) is 63.6 Å². The predicted molar refractivity (Wildman–Crippen MR) is 48.5 cm³/mol. The largest absolute Gasteiger partial charge is 0.496 e. The summed E-state index contributed by atoms with van der Waals surface area (Å²) in [7, 11) is -2.83. The Morgan fingerprint density at radius 3 is 2.62 bits per heavy atom. The molecule has 1 aliphatic carbocycles. The van der Waals surface area contributed by atoms with Crippen molar-refractivity contribution < 1.29 is 17.7 Å². The van der Waals surface area contributed by atoms with Crippen molar-refractivity contribution in [1.82, 2.24) is 0 Å². The van der Waals surface area contributed by atoms with E-state index in [1.54, 1.807) is 6.08 Å². The van der Waals surface area contributed by atoms with Crippen LogP contribution in [0.3, 0.4) is 0 Å². The molecule has 0 radical (unpaired) electrons. The summed E-state index contributed by atoms with van der Waals surface area (Å²) in [4.78, 5) is -0.137. The van der Waals surface area contributed by atoms with Gasteiger partial charge in [0.1, 0.15) is 10.7 Å². The summed E-state index contributed by atoms with van der Waals surface area (Å²) in [6.45, 7) is 3.59. The van der Waals surface area contributed by atoms with Crippen LogP contribution in [0.2, 0.25) is 0 Å². The molecule has 1 N–H and O–H groups in total. The van der Waals surface area contributed by atoms with E-state index < -0.39 is 10.1 Å². The molecule has 0 aromatic rings. The zero-order valence-corrected chi connectivity index (χ0v) is 7.97. The molecule has 5 heteroatoms. The third-order valence-electron chi connectivity index (χ3n) is 1.66. The number of methoxy groups -OCH3 is 1. The minimum Gasteiger partial charge on any atom is -0.496 e. The molecule has 0 amide bonds. The van der Waals surface area contributed by atoms with Gasteiger partial charge in [0.2, 0.25) is 0 Å². The lowest BCUT2D eigenvalue weighted by Gasteiger charge is -2.13. The van der Waals surface area contributed by atoms with Gasteiger partial charge in [0, 0.05) is 6.42 Å². The van der Waals surface area contributed by atoms with Crippen molar-refractivity contribution in [2.45, 2.75) is 6.42 Å². The fraction of sp³-hybridized carbons (Fsp3) is 0.250.